The summed E-state index contributed by atoms with van der Waals surface area (Å²) in [6, 6.07) is 1.01. The van der Waals surface area contributed by atoms with Crippen molar-refractivity contribution in [3.05, 3.63) is 18.2 Å². The molecule has 0 saturated carbocycles. The third kappa shape index (κ3) is 1.96. The molecule has 1 fully saturated rings. The molecule has 4 nitrogen and oxygen atoms in total. The van der Waals surface area contributed by atoms with Crippen LogP contribution in [0.2, 0.25) is 0 Å². The molecule has 0 aliphatic carbocycles. The first kappa shape index (κ1) is 9.68. The lowest BCUT2D eigenvalue weighted by Gasteiger charge is -2.27. The van der Waals surface area contributed by atoms with Crippen LogP contribution in [0.3, 0.4) is 0 Å². The molecule has 0 radical (unpaired) electrons. The summed E-state index contributed by atoms with van der Waals surface area (Å²) in [6.45, 7) is 6.90. The van der Waals surface area contributed by atoms with Crippen LogP contribution >= 0.6 is 0 Å². The Hall–Kier alpha value is -0.870. The number of nitrogens with zero attached hydrogens (tertiary/aromatic N) is 2. The highest BCUT2D eigenvalue weighted by atomic mass is 16.5. The van der Waals surface area contributed by atoms with Crippen LogP contribution in [-0.4, -0.2) is 28.8 Å². The van der Waals surface area contributed by atoms with Crippen LogP contribution < -0.4 is 5.32 Å². The zero-order valence-electron chi connectivity index (χ0n) is 8.73. The monoisotopic (exact) mass is 195 g/mol. The zero-order chi connectivity index (χ0) is 9.97. The molecule has 0 aromatic carbocycles. The highest BCUT2D eigenvalue weighted by Crippen LogP contribution is 2.09. The van der Waals surface area contributed by atoms with Crippen LogP contribution in [0, 0.1) is 0 Å². The van der Waals surface area contributed by atoms with Gasteiger partial charge in [-0.25, -0.2) is 4.98 Å². The van der Waals surface area contributed by atoms with Gasteiger partial charge in [-0.15, -0.1) is 0 Å². The molecule has 1 aliphatic heterocycles. The Balaban J connectivity index is 1.90. The Labute approximate surface area is 84.3 Å². The van der Waals surface area contributed by atoms with Gasteiger partial charge < -0.3 is 14.6 Å². The normalized spacial score (nSPS) is 17.4. The van der Waals surface area contributed by atoms with Gasteiger partial charge in [-0.2, -0.15) is 0 Å². The van der Waals surface area contributed by atoms with E-state index in [4.69, 9.17) is 4.74 Å². The molecule has 2 heterocycles. The molecule has 1 aromatic heterocycles. The minimum Gasteiger partial charge on any atom is -0.378 e. The summed E-state index contributed by atoms with van der Waals surface area (Å²) < 4.78 is 7.28. The van der Waals surface area contributed by atoms with Crippen LogP contribution in [-0.2, 0) is 11.3 Å². The SMILES string of the molecule is CC(C)n1cncc1CNC1COC1. The molecule has 2 rings (SSSR count). The van der Waals surface area contributed by atoms with Crippen LogP contribution in [0.5, 0.6) is 0 Å². The zero-order valence-corrected chi connectivity index (χ0v) is 8.73. The number of rotatable bonds is 4. The molecule has 0 amide bonds. The number of hydrogen-bond donors (Lipinski definition) is 1. The first-order chi connectivity index (χ1) is 6.77. The van der Waals surface area contributed by atoms with Crippen LogP contribution in [0.15, 0.2) is 12.5 Å². The maximum Gasteiger partial charge on any atom is 0.0951 e. The summed E-state index contributed by atoms with van der Waals surface area (Å²) >= 11 is 0. The average Bonchev–Trinajstić information content (AvgIpc) is 2.49. The van der Waals surface area contributed by atoms with Crippen molar-refractivity contribution in [2.75, 3.05) is 13.2 Å². The van der Waals surface area contributed by atoms with Crippen LogP contribution in [0.1, 0.15) is 25.6 Å². The molecule has 78 valence electrons. The second kappa shape index (κ2) is 4.11. The van der Waals surface area contributed by atoms with E-state index in [0.29, 0.717) is 12.1 Å². The standard InChI is InChI=1S/C10H17N3O/c1-8(2)13-7-11-3-10(13)4-12-9-5-14-6-9/h3,7-9,12H,4-6H2,1-2H3. The fourth-order valence-electron chi connectivity index (χ4n) is 1.54. The van der Waals surface area contributed by atoms with Gasteiger partial charge in [0.2, 0.25) is 0 Å². The number of aromatic nitrogens is 2. The molecule has 1 saturated heterocycles. The third-order valence-corrected chi connectivity index (χ3v) is 2.51. The summed E-state index contributed by atoms with van der Waals surface area (Å²) in [4.78, 5) is 4.16. The topological polar surface area (TPSA) is 39.1 Å². The van der Waals surface area contributed by atoms with Gasteiger partial charge in [-0.05, 0) is 13.8 Å². The van der Waals surface area contributed by atoms with Gasteiger partial charge in [0.25, 0.3) is 0 Å². The highest BCUT2D eigenvalue weighted by molar-refractivity contribution is 5.00. The molecule has 1 aromatic rings. The maximum atomic E-state index is 5.10. The lowest BCUT2D eigenvalue weighted by Crippen LogP contribution is -2.45. The molecule has 0 atom stereocenters. The van der Waals surface area contributed by atoms with Crippen molar-refractivity contribution in [2.45, 2.75) is 32.5 Å². The van der Waals surface area contributed by atoms with Crippen molar-refractivity contribution >= 4 is 0 Å². The average molecular weight is 195 g/mol. The van der Waals surface area contributed by atoms with Gasteiger partial charge in [-0.3, -0.25) is 0 Å². The molecule has 0 unspecified atom stereocenters. The van der Waals surface area contributed by atoms with Gasteiger partial charge in [0.05, 0.1) is 31.3 Å². The van der Waals surface area contributed by atoms with E-state index >= 15 is 0 Å². The quantitative estimate of drug-likeness (QED) is 0.777. The van der Waals surface area contributed by atoms with Crippen molar-refractivity contribution in [3.8, 4) is 0 Å². The van der Waals surface area contributed by atoms with Crippen molar-refractivity contribution in [1.82, 2.24) is 14.9 Å². The van der Waals surface area contributed by atoms with E-state index in [1.807, 2.05) is 12.5 Å². The smallest absolute Gasteiger partial charge is 0.0951 e. The predicted octanol–water partition coefficient (Wildman–Crippen LogP) is 0.952. The Kier molecular flexibility index (Phi) is 2.84. The summed E-state index contributed by atoms with van der Waals surface area (Å²) in [5.41, 5.74) is 1.24. The minimum absolute atomic E-state index is 0.479. The third-order valence-electron chi connectivity index (χ3n) is 2.51. The Morgan fingerprint density at radius 1 is 1.64 bits per heavy atom. The number of hydrogen-bond acceptors (Lipinski definition) is 3. The summed E-state index contributed by atoms with van der Waals surface area (Å²) in [7, 11) is 0. The first-order valence-electron chi connectivity index (χ1n) is 5.09. The largest absolute Gasteiger partial charge is 0.378 e. The fourth-order valence-corrected chi connectivity index (χ4v) is 1.54. The van der Waals surface area contributed by atoms with Crippen molar-refractivity contribution in [3.63, 3.8) is 0 Å². The van der Waals surface area contributed by atoms with Gasteiger partial charge in [-0.1, -0.05) is 0 Å². The molecular formula is C10H17N3O. The highest BCUT2D eigenvalue weighted by Gasteiger charge is 2.17. The summed E-state index contributed by atoms with van der Waals surface area (Å²) in [5.74, 6) is 0. The maximum absolute atomic E-state index is 5.10. The van der Waals surface area contributed by atoms with E-state index < -0.39 is 0 Å². The van der Waals surface area contributed by atoms with Gasteiger partial charge in [0, 0.05) is 18.8 Å². The van der Waals surface area contributed by atoms with E-state index in [2.05, 4.69) is 28.7 Å². The Bertz CT molecular complexity index is 291. The number of imidazole rings is 1. The van der Waals surface area contributed by atoms with Crippen molar-refractivity contribution in [2.24, 2.45) is 0 Å². The number of ether oxygens (including phenoxy) is 1. The summed E-state index contributed by atoms with van der Waals surface area (Å²) in [6.07, 6.45) is 3.81. The fraction of sp³-hybridized carbons (Fsp3) is 0.700. The van der Waals surface area contributed by atoms with E-state index in [-0.39, 0.29) is 0 Å². The van der Waals surface area contributed by atoms with Crippen molar-refractivity contribution < 1.29 is 4.74 Å². The molecule has 0 spiro atoms. The Morgan fingerprint density at radius 2 is 2.43 bits per heavy atom. The van der Waals surface area contributed by atoms with E-state index in [1.165, 1.54) is 5.69 Å². The van der Waals surface area contributed by atoms with E-state index in [1.54, 1.807) is 0 Å². The molecule has 4 heteroatoms. The van der Waals surface area contributed by atoms with Crippen LogP contribution in [0.4, 0.5) is 0 Å². The lowest BCUT2D eigenvalue weighted by atomic mass is 10.2. The van der Waals surface area contributed by atoms with Crippen LogP contribution in [0.25, 0.3) is 0 Å². The molecule has 1 N–H and O–H groups in total. The van der Waals surface area contributed by atoms with Crippen molar-refractivity contribution in [1.29, 1.82) is 0 Å². The van der Waals surface area contributed by atoms with Gasteiger partial charge in [0.15, 0.2) is 0 Å². The second-order valence-electron chi connectivity index (χ2n) is 4.00. The molecular weight excluding hydrogens is 178 g/mol. The van der Waals surface area contributed by atoms with Gasteiger partial charge in [0.1, 0.15) is 0 Å². The second-order valence-corrected chi connectivity index (χ2v) is 4.00. The van der Waals surface area contributed by atoms with Gasteiger partial charge >= 0.3 is 0 Å². The Morgan fingerprint density at radius 3 is 3.00 bits per heavy atom. The minimum atomic E-state index is 0.479. The first-order valence-corrected chi connectivity index (χ1v) is 5.09. The molecule has 0 bridgehead atoms. The lowest BCUT2D eigenvalue weighted by molar-refractivity contribution is -0.00603. The molecule has 1 aliphatic rings. The predicted molar refractivity (Wildman–Crippen MR) is 54.1 cm³/mol. The van der Waals surface area contributed by atoms with E-state index in [9.17, 15) is 0 Å². The molecule has 14 heavy (non-hydrogen) atoms. The number of nitrogens with one attached hydrogen (secondary N) is 1. The summed E-state index contributed by atoms with van der Waals surface area (Å²) in [5, 5.41) is 3.43. The van der Waals surface area contributed by atoms with E-state index in [0.717, 1.165) is 19.8 Å².